The Kier molecular flexibility index (Phi) is 3.10. The van der Waals surface area contributed by atoms with Crippen molar-refractivity contribution in [2.45, 2.75) is 12.1 Å². The number of hydrogen-bond acceptors (Lipinski definition) is 4. The van der Waals surface area contributed by atoms with Crippen molar-refractivity contribution in [2.24, 2.45) is 0 Å². The van der Waals surface area contributed by atoms with E-state index in [1.807, 2.05) is 0 Å². The van der Waals surface area contributed by atoms with Crippen LogP contribution in [0.5, 0.6) is 0 Å². The predicted molar refractivity (Wildman–Crippen MR) is 63.5 cm³/mol. The Balaban J connectivity index is 2.15. The van der Waals surface area contributed by atoms with E-state index in [1.165, 1.54) is 0 Å². The lowest BCUT2D eigenvalue weighted by Gasteiger charge is -2.17. The maximum Gasteiger partial charge on any atom is 0.155 e. The number of nitrogens with one attached hydrogen (secondary N) is 1. The molecule has 6 heteroatoms. The van der Waals surface area contributed by atoms with Crippen LogP contribution in [0.3, 0.4) is 0 Å². The second-order valence-corrected chi connectivity index (χ2v) is 6.44. The van der Waals surface area contributed by atoms with Crippen molar-refractivity contribution in [3.63, 3.8) is 0 Å². The van der Waals surface area contributed by atoms with Gasteiger partial charge in [-0.1, -0.05) is 23.7 Å². The lowest BCUT2D eigenvalue weighted by Crippen LogP contribution is -2.31. The third-order valence-corrected chi connectivity index (χ3v) is 4.58. The molecular formula is C10H12ClNO3S. The highest BCUT2D eigenvalue weighted by Gasteiger charge is 2.36. The Bertz CT molecular complexity index is 489. The van der Waals surface area contributed by atoms with Crippen LogP contribution in [0.1, 0.15) is 0 Å². The van der Waals surface area contributed by atoms with Crippen LogP contribution in [0.25, 0.3) is 0 Å². The first-order chi connectivity index (χ1) is 7.48. The summed E-state index contributed by atoms with van der Waals surface area (Å²) >= 11 is 5.93. The molecule has 0 amide bonds. The van der Waals surface area contributed by atoms with Gasteiger partial charge in [-0.25, -0.2) is 8.42 Å². The molecule has 0 saturated carbocycles. The Hall–Kier alpha value is -0.780. The highest BCUT2D eigenvalue weighted by Crippen LogP contribution is 2.24. The molecule has 1 aromatic carbocycles. The fourth-order valence-corrected chi connectivity index (χ4v) is 3.68. The number of hydrogen-bond donors (Lipinski definition) is 2. The van der Waals surface area contributed by atoms with Gasteiger partial charge in [0, 0.05) is 0 Å². The third kappa shape index (κ3) is 2.48. The fraction of sp³-hybridized carbons (Fsp3) is 0.400. The van der Waals surface area contributed by atoms with E-state index in [2.05, 4.69) is 5.32 Å². The molecule has 88 valence electrons. The van der Waals surface area contributed by atoms with Gasteiger partial charge in [0.25, 0.3) is 0 Å². The minimum Gasteiger partial charge on any atom is -0.390 e. The number of rotatable bonds is 2. The molecule has 0 unspecified atom stereocenters. The van der Waals surface area contributed by atoms with Gasteiger partial charge in [-0.2, -0.15) is 0 Å². The second kappa shape index (κ2) is 4.24. The van der Waals surface area contributed by atoms with Gasteiger partial charge in [-0.3, -0.25) is 0 Å². The van der Waals surface area contributed by atoms with E-state index >= 15 is 0 Å². The zero-order valence-electron chi connectivity index (χ0n) is 8.43. The normalized spacial score (nSPS) is 27.9. The predicted octanol–water partition coefficient (Wildman–Crippen LogP) is 0.910. The third-order valence-electron chi connectivity index (χ3n) is 2.54. The van der Waals surface area contributed by atoms with E-state index < -0.39 is 22.0 Å². The molecule has 1 aliphatic heterocycles. The number of aliphatic hydroxyl groups is 1. The molecule has 16 heavy (non-hydrogen) atoms. The number of benzene rings is 1. The molecule has 0 bridgehead atoms. The van der Waals surface area contributed by atoms with Gasteiger partial charge < -0.3 is 10.4 Å². The summed E-state index contributed by atoms with van der Waals surface area (Å²) < 4.78 is 22.6. The van der Waals surface area contributed by atoms with E-state index in [9.17, 15) is 13.5 Å². The second-order valence-electron chi connectivity index (χ2n) is 3.87. The molecule has 4 nitrogen and oxygen atoms in total. The number of aliphatic hydroxyl groups excluding tert-OH is 1. The summed E-state index contributed by atoms with van der Waals surface area (Å²) in [7, 11) is -3.13. The van der Waals surface area contributed by atoms with Gasteiger partial charge in [0.1, 0.15) is 0 Å². The number of anilines is 1. The van der Waals surface area contributed by atoms with Gasteiger partial charge in [0.05, 0.1) is 34.4 Å². The zero-order chi connectivity index (χ0) is 11.8. The average Bonchev–Trinajstić information content (AvgIpc) is 2.44. The standard InChI is InChI=1S/C10H12ClNO3S/c11-7-3-1-2-4-8(7)12-9-5-16(14,15)6-10(9)13/h1-4,9-10,12-13H,5-6H2/t9-,10-/m1/s1. The summed E-state index contributed by atoms with van der Waals surface area (Å²) in [5, 5.41) is 13.1. The highest BCUT2D eigenvalue weighted by atomic mass is 35.5. The quantitative estimate of drug-likeness (QED) is 0.831. The molecule has 1 saturated heterocycles. The minimum absolute atomic E-state index is 0.0562. The van der Waals surface area contributed by atoms with E-state index in [0.29, 0.717) is 10.7 Å². The monoisotopic (exact) mass is 261 g/mol. The molecule has 0 spiro atoms. The summed E-state index contributed by atoms with van der Waals surface area (Å²) in [5.74, 6) is -0.242. The Morgan fingerprint density at radius 1 is 1.31 bits per heavy atom. The number of halogens is 1. The van der Waals surface area contributed by atoms with Crippen molar-refractivity contribution in [3.8, 4) is 0 Å². The van der Waals surface area contributed by atoms with Gasteiger partial charge in [-0.05, 0) is 12.1 Å². The molecule has 0 radical (unpaired) electrons. The first-order valence-corrected chi connectivity index (χ1v) is 7.07. The lowest BCUT2D eigenvalue weighted by molar-refractivity contribution is 0.190. The fourth-order valence-electron chi connectivity index (χ4n) is 1.74. The molecule has 2 atom stereocenters. The smallest absolute Gasteiger partial charge is 0.155 e. The van der Waals surface area contributed by atoms with Crippen LogP contribution in [0, 0.1) is 0 Å². The van der Waals surface area contributed by atoms with E-state index in [0.717, 1.165) is 0 Å². The first kappa shape index (κ1) is 11.7. The summed E-state index contributed by atoms with van der Waals surface area (Å²) in [5.41, 5.74) is 0.644. The topological polar surface area (TPSA) is 66.4 Å². The maximum atomic E-state index is 11.3. The van der Waals surface area contributed by atoms with Crippen LogP contribution in [-0.2, 0) is 9.84 Å². The summed E-state index contributed by atoms with van der Waals surface area (Å²) in [6, 6.07) is 6.56. The highest BCUT2D eigenvalue weighted by molar-refractivity contribution is 7.91. The Morgan fingerprint density at radius 3 is 2.56 bits per heavy atom. The SMILES string of the molecule is O=S1(=O)C[C@@H](O)[C@H](Nc2ccccc2Cl)C1. The summed E-state index contributed by atoms with van der Waals surface area (Å²) in [6.07, 6.45) is -0.874. The average molecular weight is 262 g/mol. The zero-order valence-corrected chi connectivity index (χ0v) is 10.0. The number of sulfone groups is 1. The van der Waals surface area contributed by atoms with Crippen molar-refractivity contribution >= 4 is 27.1 Å². The van der Waals surface area contributed by atoms with Gasteiger partial charge in [0.15, 0.2) is 9.84 Å². The van der Waals surface area contributed by atoms with Crippen LogP contribution < -0.4 is 5.32 Å². The summed E-state index contributed by atoms with van der Waals surface area (Å²) in [4.78, 5) is 0. The van der Waals surface area contributed by atoms with Crippen molar-refractivity contribution in [2.75, 3.05) is 16.8 Å². The summed E-state index contributed by atoms with van der Waals surface area (Å²) in [6.45, 7) is 0. The molecule has 1 aliphatic rings. The maximum absolute atomic E-state index is 11.3. The minimum atomic E-state index is -3.13. The molecule has 0 aromatic heterocycles. The van der Waals surface area contributed by atoms with Crippen molar-refractivity contribution < 1.29 is 13.5 Å². The molecule has 1 fully saturated rings. The molecule has 1 aromatic rings. The molecule has 0 aliphatic carbocycles. The van der Waals surface area contributed by atoms with Gasteiger partial charge in [-0.15, -0.1) is 0 Å². The molecule has 1 heterocycles. The van der Waals surface area contributed by atoms with Crippen molar-refractivity contribution in [1.29, 1.82) is 0 Å². The Labute approximate surface area is 99.2 Å². The largest absolute Gasteiger partial charge is 0.390 e. The van der Waals surface area contributed by atoms with E-state index in [4.69, 9.17) is 11.6 Å². The van der Waals surface area contributed by atoms with E-state index in [-0.39, 0.29) is 11.5 Å². The molecule has 2 N–H and O–H groups in total. The van der Waals surface area contributed by atoms with Crippen LogP contribution in [0.2, 0.25) is 5.02 Å². The van der Waals surface area contributed by atoms with Crippen LogP contribution in [0.15, 0.2) is 24.3 Å². The first-order valence-electron chi connectivity index (χ1n) is 4.87. The molecule has 2 rings (SSSR count). The van der Waals surface area contributed by atoms with Crippen LogP contribution >= 0.6 is 11.6 Å². The molecular weight excluding hydrogens is 250 g/mol. The van der Waals surface area contributed by atoms with Crippen molar-refractivity contribution in [1.82, 2.24) is 0 Å². The number of para-hydroxylation sites is 1. The lowest BCUT2D eigenvalue weighted by atomic mass is 10.2. The van der Waals surface area contributed by atoms with Crippen LogP contribution in [0.4, 0.5) is 5.69 Å². The van der Waals surface area contributed by atoms with Crippen molar-refractivity contribution in [3.05, 3.63) is 29.3 Å². The Morgan fingerprint density at radius 2 is 2.00 bits per heavy atom. The van der Waals surface area contributed by atoms with Gasteiger partial charge >= 0.3 is 0 Å². The van der Waals surface area contributed by atoms with Crippen LogP contribution in [-0.4, -0.2) is 37.2 Å². The van der Waals surface area contributed by atoms with E-state index in [1.54, 1.807) is 24.3 Å². The van der Waals surface area contributed by atoms with Gasteiger partial charge in [0.2, 0.25) is 0 Å².